The minimum Gasteiger partial charge on any atom is -0.368 e. The van der Waals surface area contributed by atoms with Crippen molar-refractivity contribution in [3.63, 3.8) is 0 Å². The Labute approximate surface area is 144 Å². The molecule has 5 heteroatoms. The van der Waals surface area contributed by atoms with Gasteiger partial charge in [0.1, 0.15) is 11.9 Å². The number of piperidine rings is 1. The number of halogens is 1. The number of likely N-dealkylation sites (tertiary alicyclic amines) is 1. The van der Waals surface area contributed by atoms with Gasteiger partial charge in [0.25, 0.3) is 0 Å². The van der Waals surface area contributed by atoms with Crippen molar-refractivity contribution in [3.8, 4) is 0 Å². The Hall–Kier alpha value is -1.46. The summed E-state index contributed by atoms with van der Waals surface area (Å²) in [6.07, 6.45) is 4.60. The second kappa shape index (κ2) is 9.14. The lowest BCUT2D eigenvalue weighted by molar-refractivity contribution is -0.124. The van der Waals surface area contributed by atoms with Gasteiger partial charge in [0.05, 0.1) is 0 Å². The molecule has 0 saturated carbocycles. The van der Waals surface area contributed by atoms with Crippen LogP contribution >= 0.6 is 0 Å². The summed E-state index contributed by atoms with van der Waals surface area (Å²) in [5.41, 5.74) is 6.41. The average molecular weight is 335 g/mol. The molecule has 2 N–H and O–H groups in total. The van der Waals surface area contributed by atoms with E-state index >= 15 is 0 Å². The summed E-state index contributed by atoms with van der Waals surface area (Å²) in [6.45, 7) is 6.20. The smallest absolute Gasteiger partial charge is 0.239 e. The molecule has 134 valence electrons. The maximum absolute atomic E-state index is 13.1. The fraction of sp³-hybridized carbons (Fsp3) is 0.632. The molecule has 0 radical (unpaired) electrons. The molecule has 1 fully saturated rings. The van der Waals surface area contributed by atoms with E-state index in [1.807, 2.05) is 0 Å². The van der Waals surface area contributed by atoms with Gasteiger partial charge < -0.3 is 10.6 Å². The zero-order valence-corrected chi connectivity index (χ0v) is 14.9. The molecule has 1 heterocycles. The number of benzene rings is 1. The third-order valence-electron chi connectivity index (χ3n) is 4.93. The van der Waals surface area contributed by atoms with Crippen LogP contribution in [0.25, 0.3) is 0 Å². The van der Waals surface area contributed by atoms with E-state index in [-0.39, 0.29) is 11.7 Å². The number of rotatable bonds is 8. The maximum atomic E-state index is 13.1. The number of primary amides is 1. The lowest BCUT2D eigenvalue weighted by Crippen LogP contribution is -2.44. The monoisotopic (exact) mass is 335 g/mol. The third kappa shape index (κ3) is 5.28. The Kier molecular flexibility index (Phi) is 7.18. The van der Waals surface area contributed by atoms with Crippen molar-refractivity contribution in [1.82, 2.24) is 9.80 Å². The molecule has 0 bridgehead atoms. The van der Waals surface area contributed by atoms with Gasteiger partial charge in [0, 0.05) is 6.54 Å². The highest BCUT2D eigenvalue weighted by atomic mass is 19.1. The summed E-state index contributed by atoms with van der Waals surface area (Å²) in [5, 5.41) is 0. The van der Waals surface area contributed by atoms with E-state index in [4.69, 9.17) is 5.73 Å². The Morgan fingerprint density at radius 2 is 1.96 bits per heavy atom. The van der Waals surface area contributed by atoms with Crippen molar-refractivity contribution >= 4 is 5.91 Å². The van der Waals surface area contributed by atoms with Crippen LogP contribution in [0, 0.1) is 11.7 Å². The number of nitrogens with two attached hydrogens (primary N) is 1. The van der Waals surface area contributed by atoms with Crippen molar-refractivity contribution in [2.45, 2.75) is 38.6 Å². The topological polar surface area (TPSA) is 49.6 Å². The Morgan fingerprint density at radius 1 is 1.33 bits per heavy atom. The van der Waals surface area contributed by atoms with E-state index in [0.29, 0.717) is 5.92 Å². The molecule has 1 atom stereocenters. The lowest BCUT2D eigenvalue weighted by Gasteiger charge is -2.37. The van der Waals surface area contributed by atoms with Crippen LogP contribution in [0.1, 0.15) is 44.2 Å². The predicted molar refractivity (Wildman–Crippen MR) is 95.0 cm³/mol. The first-order valence-electron chi connectivity index (χ1n) is 8.98. The Morgan fingerprint density at radius 3 is 2.50 bits per heavy atom. The molecule has 0 unspecified atom stereocenters. The molecule has 1 aromatic carbocycles. The molecule has 1 aromatic rings. The normalized spacial score (nSPS) is 18.0. The van der Waals surface area contributed by atoms with Crippen molar-refractivity contribution < 1.29 is 9.18 Å². The molecule has 0 aromatic heterocycles. The Bertz CT molecular complexity index is 512. The van der Waals surface area contributed by atoms with Gasteiger partial charge in [-0.05, 0) is 69.6 Å². The maximum Gasteiger partial charge on any atom is 0.239 e. The summed E-state index contributed by atoms with van der Waals surface area (Å²) >= 11 is 0. The molecule has 1 aliphatic heterocycles. The highest BCUT2D eigenvalue weighted by Crippen LogP contribution is 2.27. The molecule has 4 nitrogen and oxygen atoms in total. The number of nitrogens with zero attached hydrogens (tertiary/aromatic N) is 2. The highest BCUT2D eigenvalue weighted by molar-refractivity contribution is 5.81. The van der Waals surface area contributed by atoms with Crippen LogP contribution in [-0.2, 0) is 4.79 Å². The SMILES string of the molecule is CCCCN(C)CC1CCN([C@@H](C(N)=O)c2ccc(F)cc2)CC1. The summed E-state index contributed by atoms with van der Waals surface area (Å²) in [7, 11) is 2.19. The molecule has 0 spiro atoms. The van der Waals surface area contributed by atoms with Crippen LogP contribution in [0.3, 0.4) is 0 Å². The van der Waals surface area contributed by atoms with Gasteiger partial charge in [-0.15, -0.1) is 0 Å². The molecule has 1 amide bonds. The summed E-state index contributed by atoms with van der Waals surface area (Å²) < 4.78 is 13.1. The molecule has 24 heavy (non-hydrogen) atoms. The van der Waals surface area contributed by atoms with Crippen LogP contribution in [0.15, 0.2) is 24.3 Å². The summed E-state index contributed by atoms with van der Waals surface area (Å²) in [5.74, 6) is 0.0146. The van der Waals surface area contributed by atoms with Crippen LogP contribution in [-0.4, -0.2) is 48.9 Å². The largest absolute Gasteiger partial charge is 0.368 e. The fourth-order valence-corrected chi connectivity index (χ4v) is 3.55. The number of hydrogen-bond acceptors (Lipinski definition) is 3. The number of unbranched alkanes of at least 4 members (excludes halogenated alkanes) is 1. The van der Waals surface area contributed by atoms with E-state index < -0.39 is 6.04 Å². The molecular formula is C19H30FN3O. The van der Waals surface area contributed by atoms with E-state index in [9.17, 15) is 9.18 Å². The summed E-state index contributed by atoms with van der Waals surface area (Å²) in [4.78, 5) is 16.5. The standard InChI is InChI=1S/C19H30FN3O/c1-3-4-11-22(2)14-15-9-12-23(13-10-15)18(19(21)24)16-5-7-17(20)8-6-16/h5-8,15,18H,3-4,9-14H2,1-2H3,(H2,21,24)/t18-/m1/s1. The predicted octanol–water partition coefficient (Wildman–Crippen LogP) is 2.80. The van der Waals surface area contributed by atoms with Crippen LogP contribution in [0.2, 0.25) is 0 Å². The van der Waals surface area contributed by atoms with Crippen LogP contribution < -0.4 is 5.73 Å². The lowest BCUT2D eigenvalue weighted by atomic mass is 9.93. The molecule has 1 saturated heterocycles. The summed E-state index contributed by atoms with van der Waals surface area (Å²) in [6, 6.07) is 5.65. The zero-order chi connectivity index (χ0) is 17.5. The number of carbonyl (C=O) groups excluding carboxylic acids is 1. The number of hydrogen-bond donors (Lipinski definition) is 1. The van der Waals surface area contributed by atoms with Gasteiger partial charge in [-0.2, -0.15) is 0 Å². The van der Waals surface area contributed by atoms with Gasteiger partial charge in [0.2, 0.25) is 5.91 Å². The van der Waals surface area contributed by atoms with E-state index in [1.54, 1.807) is 12.1 Å². The van der Waals surface area contributed by atoms with E-state index in [0.717, 1.165) is 44.6 Å². The molecule has 2 rings (SSSR count). The third-order valence-corrected chi connectivity index (χ3v) is 4.93. The van der Waals surface area contributed by atoms with Gasteiger partial charge in [-0.25, -0.2) is 4.39 Å². The first-order chi connectivity index (χ1) is 11.5. The number of amides is 1. The van der Waals surface area contributed by atoms with Crippen molar-refractivity contribution in [2.75, 3.05) is 33.2 Å². The quantitative estimate of drug-likeness (QED) is 0.795. The fourth-order valence-electron chi connectivity index (χ4n) is 3.55. The van der Waals surface area contributed by atoms with Crippen molar-refractivity contribution in [3.05, 3.63) is 35.6 Å². The average Bonchev–Trinajstić information content (AvgIpc) is 2.56. The van der Waals surface area contributed by atoms with Gasteiger partial charge >= 0.3 is 0 Å². The van der Waals surface area contributed by atoms with Gasteiger partial charge in [0.15, 0.2) is 0 Å². The second-order valence-electron chi connectivity index (χ2n) is 6.95. The van der Waals surface area contributed by atoms with Crippen molar-refractivity contribution in [2.24, 2.45) is 11.7 Å². The van der Waals surface area contributed by atoms with Gasteiger partial charge in [-0.1, -0.05) is 25.5 Å². The minimum absolute atomic E-state index is 0.296. The zero-order valence-electron chi connectivity index (χ0n) is 14.9. The highest BCUT2D eigenvalue weighted by Gasteiger charge is 2.30. The minimum atomic E-state index is -0.454. The number of carbonyl (C=O) groups is 1. The van der Waals surface area contributed by atoms with Crippen LogP contribution in [0.5, 0.6) is 0 Å². The van der Waals surface area contributed by atoms with Crippen molar-refractivity contribution in [1.29, 1.82) is 0 Å². The second-order valence-corrected chi connectivity index (χ2v) is 6.95. The first-order valence-corrected chi connectivity index (χ1v) is 8.98. The molecule has 0 aliphatic carbocycles. The molecule has 1 aliphatic rings. The van der Waals surface area contributed by atoms with Crippen LogP contribution in [0.4, 0.5) is 4.39 Å². The van der Waals surface area contributed by atoms with Gasteiger partial charge in [-0.3, -0.25) is 9.69 Å². The Balaban J connectivity index is 1.91. The molecular weight excluding hydrogens is 305 g/mol. The van der Waals surface area contributed by atoms with E-state index in [2.05, 4.69) is 23.8 Å². The van der Waals surface area contributed by atoms with E-state index in [1.165, 1.54) is 25.0 Å². The first kappa shape index (κ1) is 18.9.